The van der Waals surface area contributed by atoms with Gasteiger partial charge in [0.25, 0.3) is 11.8 Å². The van der Waals surface area contributed by atoms with Gasteiger partial charge in [0.1, 0.15) is 17.1 Å². The van der Waals surface area contributed by atoms with E-state index in [1.807, 2.05) is 12.1 Å². The molecule has 1 aromatic heterocycles. The van der Waals surface area contributed by atoms with Gasteiger partial charge >= 0.3 is 0 Å². The number of benzene rings is 1. The summed E-state index contributed by atoms with van der Waals surface area (Å²) in [6.07, 6.45) is 1.42. The van der Waals surface area contributed by atoms with E-state index in [2.05, 4.69) is 0 Å². The zero-order valence-electron chi connectivity index (χ0n) is 12.9. The maximum atomic E-state index is 12.3. The van der Waals surface area contributed by atoms with Gasteiger partial charge in [-0.3, -0.25) is 19.4 Å². The van der Waals surface area contributed by atoms with Crippen molar-refractivity contribution < 1.29 is 14.0 Å². The van der Waals surface area contributed by atoms with Crippen LogP contribution in [0, 0.1) is 0 Å². The number of hydrogen-bond donors (Lipinski definition) is 0. The van der Waals surface area contributed by atoms with Gasteiger partial charge in [-0.05, 0) is 42.6 Å². The Balaban J connectivity index is 1.96. The SMILES string of the molecule is CN1C(=O)C(=Cc2ccc(-c3cccc(Cl)c3)o2)C(=O)N(C)C1=S. The predicted molar refractivity (Wildman–Crippen MR) is 95.3 cm³/mol. The van der Waals surface area contributed by atoms with Gasteiger partial charge in [-0.1, -0.05) is 23.7 Å². The molecule has 1 aliphatic heterocycles. The fourth-order valence-corrected chi connectivity index (χ4v) is 2.70. The Morgan fingerprint density at radius 2 is 1.75 bits per heavy atom. The van der Waals surface area contributed by atoms with Crippen LogP contribution in [0.3, 0.4) is 0 Å². The number of thiocarbonyl (C=S) groups is 1. The molecule has 0 aliphatic carbocycles. The second-order valence-corrected chi connectivity index (χ2v) is 6.08. The summed E-state index contributed by atoms with van der Waals surface area (Å²) in [5, 5.41) is 0.763. The zero-order chi connectivity index (χ0) is 17.4. The summed E-state index contributed by atoms with van der Waals surface area (Å²) in [5.41, 5.74) is 0.810. The first kappa shape index (κ1) is 16.4. The summed E-state index contributed by atoms with van der Waals surface area (Å²) in [5.74, 6) is 0.0844. The molecule has 0 atom stereocenters. The molecule has 3 rings (SSSR count). The molecule has 1 saturated heterocycles. The Morgan fingerprint density at radius 3 is 2.38 bits per heavy atom. The van der Waals surface area contributed by atoms with Crippen molar-refractivity contribution >= 4 is 46.8 Å². The van der Waals surface area contributed by atoms with Gasteiger partial charge in [-0.15, -0.1) is 0 Å². The first-order chi connectivity index (χ1) is 11.4. The molecule has 2 amide bonds. The van der Waals surface area contributed by atoms with E-state index in [1.54, 1.807) is 24.3 Å². The number of nitrogens with zero attached hydrogens (tertiary/aromatic N) is 2. The third-order valence-electron chi connectivity index (χ3n) is 3.67. The fourth-order valence-electron chi connectivity index (χ4n) is 2.34. The lowest BCUT2D eigenvalue weighted by molar-refractivity contribution is -0.132. The van der Waals surface area contributed by atoms with Crippen LogP contribution in [0.1, 0.15) is 5.76 Å². The van der Waals surface area contributed by atoms with Crippen molar-refractivity contribution in [3.8, 4) is 11.3 Å². The van der Waals surface area contributed by atoms with Crippen LogP contribution in [0.4, 0.5) is 0 Å². The van der Waals surface area contributed by atoms with Gasteiger partial charge in [0.15, 0.2) is 5.11 Å². The number of hydrogen-bond acceptors (Lipinski definition) is 4. The summed E-state index contributed by atoms with van der Waals surface area (Å²) >= 11 is 11.0. The molecule has 0 saturated carbocycles. The van der Waals surface area contributed by atoms with Crippen molar-refractivity contribution in [1.29, 1.82) is 0 Å². The smallest absolute Gasteiger partial charge is 0.265 e. The maximum Gasteiger partial charge on any atom is 0.265 e. The van der Waals surface area contributed by atoms with Crippen LogP contribution >= 0.6 is 23.8 Å². The average molecular weight is 361 g/mol. The molecule has 0 bridgehead atoms. The number of rotatable bonds is 2. The van der Waals surface area contributed by atoms with Crippen molar-refractivity contribution in [2.24, 2.45) is 0 Å². The van der Waals surface area contributed by atoms with Crippen LogP contribution in [0.25, 0.3) is 17.4 Å². The van der Waals surface area contributed by atoms with E-state index in [-0.39, 0.29) is 10.7 Å². The number of likely N-dealkylation sites (N-methyl/N-ethyl adjacent to an activating group) is 2. The Bertz CT molecular complexity index is 861. The van der Waals surface area contributed by atoms with Gasteiger partial charge in [0, 0.05) is 24.7 Å². The first-order valence-corrected chi connectivity index (χ1v) is 7.84. The summed E-state index contributed by atoms with van der Waals surface area (Å²) in [6, 6.07) is 10.7. The number of furan rings is 1. The lowest BCUT2D eigenvalue weighted by Crippen LogP contribution is -2.52. The molecule has 0 N–H and O–H groups in total. The predicted octanol–water partition coefficient (Wildman–Crippen LogP) is 3.20. The summed E-state index contributed by atoms with van der Waals surface area (Å²) in [7, 11) is 3.06. The number of halogens is 1. The number of carbonyl (C=O) groups excluding carboxylic acids is 2. The lowest BCUT2D eigenvalue weighted by Gasteiger charge is -2.31. The van der Waals surface area contributed by atoms with E-state index in [4.69, 9.17) is 28.2 Å². The highest BCUT2D eigenvalue weighted by molar-refractivity contribution is 7.80. The molecule has 24 heavy (non-hydrogen) atoms. The Labute approximate surface area is 149 Å². The van der Waals surface area contributed by atoms with Crippen LogP contribution in [0.15, 0.2) is 46.4 Å². The molecule has 1 fully saturated rings. The van der Waals surface area contributed by atoms with Gasteiger partial charge in [-0.25, -0.2) is 0 Å². The number of amides is 2. The molecule has 1 aliphatic rings. The molecule has 7 heteroatoms. The minimum absolute atomic E-state index is 0.000550. The highest BCUT2D eigenvalue weighted by atomic mass is 35.5. The molecule has 2 heterocycles. The summed E-state index contributed by atoms with van der Waals surface area (Å²) < 4.78 is 5.71. The fraction of sp³-hybridized carbons (Fsp3) is 0.118. The zero-order valence-corrected chi connectivity index (χ0v) is 14.5. The second kappa shape index (κ2) is 6.22. The standard InChI is InChI=1S/C17H13ClN2O3S/c1-19-15(21)13(16(22)20(2)17(19)24)9-12-6-7-14(23-12)10-4-3-5-11(18)8-10/h3-9H,1-2H3. The molecular weight excluding hydrogens is 348 g/mol. The highest BCUT2D eigenvalue weighted by Crippen LogP contribution is 2.26. The van der Waals surface area contributed by atoms with Crippen LogP contribution in [-0.4, -0.2) is 40.8 Å². The van der Waals surface area contributed by atoms with Crippen LogP contribution in [0.2, 0.25) is 5.02 Å². The quantitative estimate of drug-likeness (QED) is 0.469. The van der Waals surface area contributed by atoms with E-state index < -0.39 is 11.8 Å². The third kappa shape index (κ3) is 2.86. The van der Waals surface area contributed by atoms with Crippen LogP contribution in [0.5, 0.6) is 0 Å². The van der Waals surface area contributed by atoms with Crippen LogP contribution in [-0.2, 0) is 9.59 Å². The summed E-state index contributed by atoms with van der Waals surface area (Å²) in [6.45, 7) is 0. The van der Waals surface area contributed by atoms with E-state index in [0.717, 1.165) is 5.56 Å². The minimum Gasteiger partial charge on any atom is -0.457 e. The summed E-state index contributed by atoms with van der Waals surface area (Å²) in [4.78, 5) is 27.1. The minimum atomic E-state index is -0.455. The van der Waals surface area contributed by atoms with E-state index >= 15 is 0 Å². The molecular formula is C17H13ClN2O3S. The van der Waals surface area contributed by atoms with E-state index in [9.17, 15) is 9.59 Å². The largest absolute Gasteiger partial charge is 0.457 e. The van der Waals surface area contributed by atoms with Gasteiger partial charge in [0.05, 0.1) is 0 Å². The van der Waals surface area contributed by atoms with E-state index in [0.29, 0.717) is 16.5 Å². The normalized spacial score (nSPS) is 15.3. The van der Waals surface area contributed by atoms with Gasteiger partial charge < -0.3 is 4.42 Å². The van der Waals surface area contributed by atoms with Gasteiger partial charge in [-0.2, -0.15) is 0 Å². The molecule has 1 aromatic carbocycles. The highest BCUT2D eigenvalue weighted by Gasteiger charge is 2.35. The van der Waals surface area contributed by atoms with E-state index in [1.165, 1.54) is 30.0 Å². The maximum absolute atomic E-state index is 12.3. The van der Waals surface area contributed by atoms with Crippen molar-refractivity contribution in [1.82, 2.24) is 9.80 Å². The molecule has 5 nitrogen and oxygen atoms in total. The first-order valence-electron chi connectivity index (χ1n) is 7.06. The van der Waals surface area contributed by atoms with Crippen LogP contribution < -0.4 is 0 Å². The monoisotopic (exact) mass is 360 g/mol. The molecule has 122 valence electrons. The van der Waals surface area contributed by atoms with Crippen molar-refractivity contribution in [2.45, 2.75) is 0 Å². The number of carbonyl (C=O) groups is 2. The lowest BCUT2D eigenvalue weighted by atomic mass is 10.1. The Morgan fingerprint density at radius 1 is 1.08 bits per heavy atom. The van der Waals surface area contributed by atoms with Crippen molar-refractivity contribution in [2.75, 3.05) is 14.1 Å². The average Bonchev–Trinajstić information content (AvgIpc) is 3.04. The Kier molecular flexibility index (Phi) is 4.26. The molecule has 2 aromatic rings. The van der Waals surface area contributed by atoms with Crippen molar-refractivity contribution in [3.63, 3.8) is 0 Å². The second-order valence-electron chi connectivity index (χ2n) is 5.28. The molecule has 0 spiro atoms. The molecule has 0 radical (unpaired) electrons. The Hall–Kier alpha value is -2.44. The third-order valence-corrected chi connectivity index (χ3v) is 4.45. The topological polar surface area (TPSA) is 53.8 Å². The molecule has 0 unspecified atom stereocenters. The van der Waals surface area contributed by atoms with Gasteiger partial charge in [0.2, 0.25) is 0 Å². The van der Waals surface area contributed by atoms with Crippen molar-refractivity contribution in [3.05, 3.63) is 52.8 Å².